The third kappa shape index (κ3) is 9.77. The molecule has 1 atom stereocenters. The maximum absolute atomic E-state index is 14.6. The van der Waals surface area contributed by atoms with Crippen LogP contribution in [0.3, 0.4) is 0 Å². The van der Waals surface area contributed by atoms with Crippen molar-refractivity contribution in [3.05, 3.63) is 129 Å². The van der Waals surface area contributed by atoms with Gasteiger partial charge < -0.3 is 10.2 Å². The van der Waals surface area contributed by atoms with E-state index in [1.54, 1.807) is 82.3 Å². The highest BCUT2D eigenvalue weighted by atomic mass is 35.5. The van der Waals surface area contributed by atoms with Crippen molar-refractivity contribution in [3.8, 4) is 0 Å². The Kier molecular flexibility index (Phi) is 11.7. The van der Waals surface area contributed by atoms with E-state index < -0.39 is 62.4 Å². The highest BCUT2D eigenvalue weighted by Crippen LogP contribution is 2.38. The fraction of sp³-hybridized carbons (Fsp3) is 0.278. The number of carbonyl (C=O) groups excluding carboxylic acids is 2. The molecule has 0 aliphatic heterocycles. The molecule has 13 heteroatoms. The van der Waals surface area contributed by atoms with E-state index in [-0.39, 0.29) is 17.9 Å². The van der Waals surface area contributed by atoms with Gasteiger partial charge in [0.05, 0.1) is 21.2 Å². The molecular formula is C36H36Cl2F3N3O4S. The molecule has 2 amide bonds. The Labute approximate surface area is 294 Å². The topological polar surface area (TPSA) is 86.8 Å². The van der Waals surface area contributed by atoms with Crippen LogP contribution < -0.4 is 9.62 Å². The van der Waals surface area contributed by atoms with Crippen molar-refractivity contribution in [1.82, 2.24) is 10.2 Å². The Balaban J connectivity index is 1.89. The van der Waals surface area contributed by atoms with Gasteiger partial charge in [0.1, 0.15) is 12.6 Å². The number of halogens is 5. The molecule has 260 valence electrons. The zero-order chi connectivity index (χ0) is 36.1. The molecule has 1 N–H and O–H groups in total. The number of hydrogen-bond acceptors (Lipinski definition) is 4. The van der Waals surface area contributed by atoms with Crippen molar-refractivity contribution in [2.75, 3.05) is 10.8 Å². The quantitative estimate of drug-likeness (QED) is 0.169. The van der Waals surface area contributed by atoms with Crippen LogP contribution in [0.2, 0.25) is 10.0 Å². The van der Waals surface area contributed by atoms with Gasteiger partial charge in [0.25, 0.3) is 10.0 Å². The van der Waals surface area contributed by atoms with Crippen molar-refractivity contribution >= 4 is 50.7 Å². The maximum atomic E-state index is 14.6. The van der Waals surface area contributed by atoms with Crippen LogP contribution in [-0.4, -0.2) is 43.3 Å². The van der Waals surface area contributed by atoms with Crippen molar-refractivity contribution < 1.29 is 31.2 Å². The molecule has 0 aliphatic carbocycles. The lowest BCUT2D eigenvalue weighted by Crippen LogP contribution is -2.56. The molecule has 49 heavy (non-hydrogen) atoms. The lowest BCUT2D eigenvalue weighted by Gasteiger charge is -2.35. The highest BCUT2D eigenvalue weighted by molar-refractivity contribution is 7.92. The van der Waals surface area contributed by atoms with Crippen LogP contribution in [0.4, 0.5) is 18.9 Å². The molecule has 0 saturated carbocycles. The molecule has 4 rings (SSSR count). The maximum Gasteiger partial charge on any atom is 0.417 e. The minimum atomic E-state index is -4.92. The lowest BCUT2D eigenvalue weighted by molar-refractivity contribution is -0.140. The van der Waals surface area contributed by atoms with Gasteiger partial charge in [-0.1, -0.05) is 89.4 Å². The molecule has 7 nitrogen and oxygen atoms in total. The molecule has 4 aromatic carbocycles. The van der Waals surface area contributed by atoms with E-state index in [0.717, 1.165) is 17.7 Å². The smallest absolute Gasteiger partial charge is 0.350 e. The molecule has 0 radical (unpaired) electrons. The zero-order valence-corrected chi connectivity index (χ0v) is 29.6. The first-order valence-corrected chi connectivity index (χ1v) is 17.4. The number of hydrogen-bond donors (Lipinski definition) is 1. The molecule has 0 heterocycles. The summed E-state index contributed by atoms with van der Waals surface area (Å²) in [5.74, 6) is -1.38. The first-order valence-electron chi connectivity index (χ1n) is 15.2. The van der Waals surface area contributed by atoms with Crippen LogP contribution in [0.25, 0.3) is 0 Å². The van der Waals surface area contributed by atoms with E-state index in [1.807, 2.05) is 0 Å². The van der Waals surface area contributed by atoms with Gasteiger partial charge in [-0.25, -0.2) is 8.42 Å². The molecular weight excluding hydrogens is 698 g/mol. The number of rotatable bonds is 11. The minimum absolute atomic E-state index is 0.0445. The van der Waals surface area contributed by atoms with Gasteiger partial charge in [-0.15, -0.1) is 0 Å². The summed E-state index contributed by atoms with van der Waals surface area (Å²) in [4.78, 5) is 29.5. The van der Waals surface area contributed by atoms with Gasteiger partial charge in [-0.05, 0) is 75.2 Å². The Hall–Kier alpha value is -4.06. The third-order valence-corrected chi connectivity index (χ3v) is 9.99. The van der Waals surface area contributed by atoms with E-state index >= 15 is 0 Å². The number of nitrogens with zero attached hydrogens (tertiary/aromatic N) is 2. The minimum Gasteiger partial charge on any atom is -0.350 e. The Morgan fingerprint density at radius 3 is 2.04 bits per heavy atom. The highest BCUT2D eigenvalue weighted by Gasteiger charge is 2.38. The standard InChI is InChI=1S/C36H36Cl2F3N3O4S/c1-24-14-17-28(18-15-24)49(47,48)44(27-16-19-31(38)29(21-27)36(39,40)41)23-33(45)43(22-26-12-8-9-13-30(26)37)32(34(46)42-35(2,3)4)20-25-10-6-5-7-11-25/h5-19,21,32H,20,22-23H2,1-4H3,(H,42,46). The van der Waals surface area contributed by atoms with Gasteiger partial charge in [-0.2, -0.15) is 13.2 Å². The van der Waals surface area contributed by atoms with E-state index in [0.29, 0.717) is 26.5 Å². The second-order valence-electron chi connectivity index (χ2n) is 12.5. The summed E-state index contributed by atoms with van der Waals surface area (Å²) in [5, 5.41) is 2.57. The molecule has 0 aromatic heterocycles. The van der Waals surface area contributed by atoms with Gasteiger partial charge in [-0.3, -0.25) is 13.9 Å². The molecule has 1 unspecified atom stereocenters. The van der Waals surface area contributed by atoms with Crippen molar-refractivity contribution in [1.29, 1.82) is 0 Å². The average Bonchev–Trinajstić information content (AvgIpc) is 3.02. The predicted molar refractivity (Wildman–Crippen MR) is 186 cm³/mol. The number of benzene rings is 4. The van der Waals surface area contributed by atoms with Crippen LogP contribution in [0.5, 0.6) is 0 Å². The zero-order valence-electron chi connectivity index (χ0n) is 27.3. The number of carbonyl (C=O) groups is 2. The van der Waals surface area contributed by atoms with Crippen LogP contribution in [0, 0.1) is 6.92 Å². The predicted octanol–water partition coefficient (Wildman–Crippen LogP) is 8.07. The summed E-state index contributed by atoms with van der Waals surface area (Å²) in [5.41, 5.74) is -0.497. The molecule has 0 spiro atoms. The van der Waals surface area contributed by atoms with Gasteiger partial charge in [0.15, 0.2) is 0 Å². The van der Waals surface area contributed by atoms with Crippen molar-refractivity contribution in [3.63, 3.8) is 0 Å². The van der Waals surface area contributed by atoms with Gasteiger partial charge in [0, 0.05) is 23.5 Å². The van der Waals surface area contributed by atoms with E-state index in [9.17, 15) is 31.2 Å². The van der Waals surface area contributed by atoms with E-state index in [2.05, 4.69) is 5.32 Å². The summed E-state index contributed by atoms with van der Waals surface area (Å²) in [7, 11) is -4.64. The monoisotopic (exact) mass is 733 g/mol. The van der Waals surface area contributed by atoms with E-state index in [1.165, 1.54) is 29.2 Å². The number of nitrogens with one attached hydrogen (secondary N) is 1. The second-order valence-corrected chi connectivity index (χ2v) is 15.2. The molecule has 0 fully saturated rings. The third-order valence-electron chi connectivity index (χ3n) is 7.50. The fourth-order valence-corrected chi connectivity index (χ4v) is 6.90. The molecule has 0 aliphatic rings. The first-order chi connectivity index (χ1) is 22.9. The number of amides is 2. The number of aryl methyl sites for hydroxylation is 1. The largest absolute Gasteiger partial charge is 0.417 e. The van der Waals surface area contributed by atoms with Crippen molar-refractivity contribution in [2.24, 2.45) is 0 Å². The van der Waals surface area contributed by atoms with Gasteiger partial charge >= 0.3 is 6.18 Å². The molecule has 0 bridgehead atoms. The van der Waals surface area contributed by atoms with Crippen molar-refractivity contribution in [2.45, 2.75) is 63.3 Å². The fourth-order valence-electron chi connectivity index (χ4n) is 5.07. The van der Waals surface area contributed by atoms with Crippen LogP contribution >= 0.6 is 23.2 Å². The van der Waals surface area contributed by atoms with Gasteiger partial charge in [0.2, 0.25) is 11.8 Å². The molecule has 0 saturated heterocycles. The number of alkyl halides is 3. The number of sulfonamides is 1. The number of anilines is 1. The molecule has 4 aromatic rings. The summed E-state index contributed by atoms with van der Waals surface area (Å²) in [6.45, 7) is 5.92. The van der Waals surface area contributed by atoms with E-state index in [4.69, 9.17) is 23.2 Å². The Morgan fingerprint density at radius 1 is 0.837 bits per heavy atom. The Morgan fingerprint density at radius 2 is 1.45 bits per heavy atom. The van der Waals surface area contributed by atoms with Crippen LogP contribution in [-0.2, 0) is 38.8 Å². The summed E-state index contributed by atoms with van der Waals surface area (Å²) < 4.78 is 70.9. The average molecular weight is 735 g/mol. The Bertz CT molecular complexity index is 1900. The normalized spacial score (nSPS) is 12.7. The second kappa shape index (κ2) is 15.2. The first kappa shape index (κ1) is 37.8. The summed E-state index contributed by atoms with van der Waals surface area (Å²) in [6, 6.07) is 22.7. The SMILES string of the molecule is Cc1ccc(S(=O)(=O)N(CC(=O)N(Cc2ccccc2Cl)C(Cc2ccccc2)C(=O)NC(C)(C)C)c2ccc(Cl)c(C(F)(F)F)c2)cc1. The summed E-state index contributed by atoms with van der Waals surface area (Å²) >= 11 is 12.4. The summed E-state index contributed by atoms with van der Waals surface area (Å²) in [6.07, 6.45) is -4.87. The van der Waals surface area contributed by atoms with Crippen LogP contribution in [0.15, 0.2) is 102 Å². The van der Waals surface area contributed by atoms with Crippen LogP contribution in [0.1, 0.15) is 43.0 Å². The lowest BCUT2D eigenvalue weighted by atomic mass is 10.0.